The minimum atomic E-state index is -1.06. The van der Waals surface area contributed by atoms with Crippen molar-refractivity contribution in [1.29, 1.82) is 0 Å². The van der Waals surface area contributed by atoms with Gasteiger partial charge < -0.3 is 20.3 Å². The van der Waals surface area contributed by atoms with Crippen molar-refractivity contribution in [3.63, 3.8) is 0 Å². The summed E-state index contributed by atoms with van der Waals surface area (Å²) in [6.07, 6.45) is 0.324. The summed E-state index contributed by atoms with van der Waals surface area (Å²) in [4.78, 5) is 22.0. The Morgan fingerprint density at radius 2 is 2.29 bits per heavy atom. The highest BCUT2D eigenvalue weighted by atomic mass is 16.5. The lowest BCUT2D eigenvalue weighted by Crippen LogP contribution is -2.45. The molecular formula is C10H15N3O4. The second-order valence-electron chi connectivity index (χ2n) is 3.56. The van der Waals surface area contributed by atoms with Crippen LogP contribution in [0.25, 0.3) is 0 Å². The van der Waals surface area contributed by atoms with Gasteiger partial charge in [0.15, 0.2) is 5.76 Å². The lowest BCUT2D eigenvalue weighted by Gasteiger charge is -2.12. The van der Waals surface area contributed by atoms with Gasteiger partial charge in [0.05, 0.1) is 12.2 Å². The number of carbonyl (C=O) groups is 2. The van der Waals surface area contributed by atoms with Gasteiger partial charge in [0.2, 0.25) is 0 Å². The fourth-order valence-corrected chi connectivity index (χ4v) is 1.21. The van der Waals surface area contributed by atoms with Gasteiger partial charge in [0.1, 0.15) is 6.04 Å². The SMILES string of the molecule is CCC(NC(=O)NCc1cc(C)no1)C(=O)O. The first-order valence-corrected chi connectivity index (χ1v) is 5.22. The molecule has 1 unspecified atom stereocenters. The Morgan fingerprint density at radius 1 is 1.59 bits per heavy atom. The van der Waals surface area contributed by atoms with E-state index in [1.54, 1.807) is 19.9 Å². The molecule has 0 saturated heterocycles. The van der Waals surface area contributed by atoms with Crippen LogP contribution in [0.1, 0.15) is 24.8 Å². The number of nitrogens with zero attached hydrogens (tertiary/aromatic N) is 1. The molecule has 0 radical (unpaired) electrons. The highest BCUT2D eigenvalue weighted by molar-refractivity contribution is 5.82. The zero-order valence-electron chi connectivity index (χ0n) is 9.69. The van der Waals surface area contributed by atoms with Gasteiger partial charge in [-0.05, 0) is 13.3 Å². The minimum Gasteiger partial charge on any atom is -0.480 e. The fraction of sp³-hybridized carbons (Fsp3) is 0.500. The Kier molecular flexibility index (Phi) is 4.50. The van der Waals surface area contributed by atoms with Crippen LogP contribution in [0.5, 0.6) is 0 Å². The lowest BCUT2D eigenvalue weighted by atomic mass is 10.2. The first-order chi connectivity index (χ1) is 8.02. The molecule has 94 valence electrons. The van der Waals surface area contributed by atoms with Gasteiger partial charge in [0, 0.05) is 6.07 Å². The number of hydrogen-bond acceptors (Lipinski definition) is 4. The zero-order valence-corrected chi connectivity index (χ0v) is 9.69. The third kappa shape index (κ3) is 4.13. The van der Waals surface area contributed by atoms with E-state index in [1.165, 1.54) is 0 Å². The van der Waals surface area contributed by atoms with Crippen molar-refractivity contribution in [1.82, 2.24) is 15.8 Å². The molecule has 0 bridgehead atoms. The fourth-order valence-electron chi connectivity index (χ4n) is 1.21. The van der Waals surface area contributed by atoms with E-state index < -0.39 is 18.0 Å². The van der Waals surface area contributed by atoms with Crippen LogP contribution < -0.4 is 10.6 Å². The standard InChI is InChI=1S/C10H15N3O4/c1-3-8(9(14)15)12-10(16)11-5-7-4-6(2)13-17-7/h4,8H,3,5H2,1-2H3,(H,14,15)(H2,11,12,16). The number of rotatable bonds is 5. The van der Waals surface area contributed by atoms with Crippen molar-refractivity contribution < 1.29 is 19.2 Å². The molecule has 0 aliphatic carbocycles. The van der Waals surface area contributed by atoms with Crippen molar-refractivity contribution in [2.24, 2.45) is 0 Å². The molecule has 1 atom stereocenters. The smallest absolute Gasteiger partial charge is 0.326 e. The van der Waals surface area contributed by atoms with E-state index in [-0.39, 0.29) is 6.54 Å². The first-order valence-electron chi connectivity index (χ1n) is 5.22. The predicted molar refractivity (Wildman–Crippen MR) is 58.3 cm³/mol. The van der Waals surface area contributed by atoms with E-state index in [2.05, 4.69) is 15.8 Å². The van der Waals surface area contributed by atoms with Crippen LogP contribution in [0.15, 0.2) is 10.6 Å². The molecule has 0 spiro atoms. The third-order valence-corrected chi connectivity index (χ3v) is 2.11. The number of amides is 2. The van der Waals surface area contributed by atoms with E-state index in [0.717, 1.165) is 5.69 Å². The van der Waals surface area contributed by atoms with Crippen LogP contribution in [0.2, 0.25) is 0 Å². The van der Waals surface area contributed by atoms with Gasteiger partial charge in [0.25, 0.3) is 0 Å². The van der Waals surface area contributed by atoms with Crippen molar-refractivity contribution in [2.45, 2.75) is 32.9 Å². The van der Waals surface area contributed by atoms with Gasteiger partial charge in [-0.25, -0.2) is 9.59 Å². The second-order valence-corrected chi connectivity index (χ2v) is 3.56. The Balaban J connectivity index is 2.37. The molecule has 1 rings (SSSR count). The normalized spacial score (nSPS) is 11.9. The van der Waals surface area contributed by atoms with Crippen molar-refractivity contribution in [3.05, 3.63) is 17.5 Å². The number of carboxylic acids is 1. The third-order valence-electron chi connectivity index (χ3n) is 2.11. The van der Waals surface area contributed by atoms with Gasteiger partial charge in [-0.15, -0.1) is 0 Å². The number of carboxylic acid groups (broad SMARTS) is 1. The van der Waals surface area contributed by atoms with Crippen molar-refractivity contribution >= 4 is 12.0 Å². The largest absolute Gasteiger partial charge is 0.480 e. The Morgan fingerprint density at radius 3 is 2.76 bits per heavy atom. The number of hydrogen-bond donors (Lipinski definition) is 3. The van der Waals surface area contributed by atoms with E-state index in [4.69, 9.17) is 9.63 Å². The second kappa shape index (κ2) is 5.88. The van der Waals surface area contributed by atoms with Crippen LogP contribution in [0.3, 0.4) is 0 Å². The van der Waals surface area contributed by atoms with E-state index in [9.17, 15) is 9.59 Å². The minimum absolute atomic E-state index is 0.169. The summed E-state index contributed by atoms with van der Waals surface area (Å²) >= 11 is 0. The van der Waals surface area contributed by atoms with Gasteiger partial charge in [-0.1, -0.05) is 12.1 Å². The number of urea groups is 1. The summed E-state index contributed by atoms with van der Waals surface area (Å²) in [5.74, 6) is -0.542. The maximum Gasteiger partial charge on any atom is 0.326 e. The van der Waals surface area contributed by atoms with Gasteiger partial charge >= 0.3 is 12.0 Å². The average Bonchev–Trinajstić information content (AvgIpc) is 2.68. The Hall–Kier alpha value is -2.05. The van der Waals surface area contributed by atoms with Crippen LogP contribution >= 0.6 is 0 Å². The summed E-state index contributed by atoms with van der Waals surface area (Å²) in [6, 6.07) is 0.258. The van der Waals surface area contributed by atoms with E-state index in [1.807, 2.05) is 0 Å². The molecule has 2 amide bonds. The molecule has 0 saturated carbocycles. The first kappa shape index (κ1) is 13.0. The maximum absolute atomic E-state index is 11.3. The summed E-state index contributed by atoms with van der Waals surface area (Å²) in [7, 11) is 0. The molecule has 1 heterocycles. The molecule has 0 fully saturated rings. The summed E-state index contributed by atoms with van der Waals surface area (Å²) in [6.45, 7) is 3.62. The molecule has 0 aliphatic heterocycles. The van der Waals surface area contributed by atoms with Crippen molar-refractivity contribution in [2.75, 3.05) is 0 Å². The topological polar surface area (TPSA) is 104 Å². The summed E-state index contributed by atoms with van der Waals surface area (Å²) in [5, 5.41) is 17.2. The van der Waals surface area contributed by atoms with Crippen LogP contribution in [-0.4, -0.2) is 28.3 Å². The van der Waals surface area contributed by atoms with Crippen molar-refractivity contribution in [3.8, 4) is 0 Å². The molecule has 0 aliphatic rings. The predicted octanol–water partition coefficient (Wildman–Crippen LogP) is 0.645. The van der Waals surface area contributed by atoms with Gasteiger partial charge in [-0.3, -0.25) is 0 Å². The monoisotopic (exact) mass is 241 g/mol. The Labute approximate surface area is 98.2 Å². The van der Waals surface area contributed by atoms with Crippen LogP contribution in [0.4, 0.5) is 4.79 Å². The average molecular weight is 241 g/mol. The van der Waals surface area contributed by atoms with Crippen LogP contribution in [-0.2, 0) is 11.3 Å². The molecular weight excluding hydrogens is 226 g/mol. The molecule has 17 heavy (non-hydrogen) atoms. The number of aliphatic carboxylic acids is 1. The number of aromatic nitrogens is 1. The molecule has 1 aromatic rings. The molecule has 1 aromatic heterocycles. The maximum atomic E-state index is 11.3. The van der Waals surface area contributed by atoms with E-state index in [0.29, 0.717) is 12.2 Å². The number of carbonyl (C=O) groups excluding carboxylic acids is 1. The molecule has 0 aromatic carbocycles. The quantitative estimate of drug-likeness (QED) is 0.701. The van der Waals surface area contributed by atoms with E-state index >= 15 is 0 Å². The Bertz CT molecular complexity index is 402. The highest BCUT2D eigenvalue weighted by Crippen LogP contribution is 2.00. The highest BCUT2D eigenvalue weighted by Gasteiger charge is 2.17. The van der Waals surface area contributed by atoms with Crippen LogP contribution in [0, 0.1) is 6.92 Å². The summed E-state index contributed by atoms with van der Waals surface area (Å²) in [5.41, 5.74) is 0.721. The van der Waals surface area contributed by atoms with Gasteiger partial charge in [-0.2, -0.15) is 0 Å². The number of aryl methyl sites for hydroxylation is 1. The molecule has 7 heteroatoms. The number of nitrogens with one attached hydrogen (secondary N) is 2. The zero-order chi connectivity index (χ0) is 12.8. The lowest BCUT2D eigenvalue weighted by molar-refractivity contribution is -0.139. The molecule has 7 nitrogen and oxygen atoms in total. The molecule has 3 N–H and O–H groups in total. The summed E-state index contributed by atoms with van der Waals surface area (Å²) < 4.78 is 4.88.